The summed E-state index contributed by atoms with van der Waals surface area (Å²) in [6.07, 6.45) is 6.64. The minimum absolute atomic E-state index is 0.225. The van der Waals surface area contributed by atoms with Gasteiger partial charge in [0.15, 0.2) is 0 Å². The maximum atomic E-state index is 14.6. The number of nitrogens with zero attached hydrogens (tertiary/aromatic N) is 4. The van der Waals surface area contributed by atoms with E-state index in [1.54, 1.807) is 12.1 Å². The van der Waals surface area contributed by atoms with Gasteiger partial charge in [-0.1, -0.05) is 11.6 Å². The summed E-state index contributed by atoms with van der Waals surface area (Å²) in [6.45, 7) is 2.09. The molecule has 4 N–H and O–H groups in total. The third-order valence-corrected chi connectivity index (χ3v) is 6.80. The molecule has 1 aliphatic carbocycles. The number of nitrogen functional groups attached to an aromatic ring is 2. The van der Waals surface area contributed by atoms with Crippen molar-refractivity contribution in [2.75, 3.05) is 11.5 Å². The summed E-state index contributed by atoms with van der Waals surface area (Å²) in [4.78, 5) is 12.8. The molecule has 0 bridgehead atoms. The first-order valence-corrected chi connectivity index (χ1v) is 10.9. The Bertz CT molecular complexity index is 1300. The van der Waals surface area contributed by atoms with Crippen molar-refractivity contribution in [3.8, 4) is 0 Å². The molecule has 1 aliphatic rings. The van der Waals surface area contributed by atoms with Gasteiger partial charge < -0.3 is 16.0 Å². The molecule has 0 aliphatic heterocycles. The van der Waals surface area contributed by atoms with Crippen molar-refractivity contribution in [3.63, 3.8) is 0 Å². The number of fused-ring (bicyclic) bond motifs is 2. The van der Waals surface area contributed by atoms with Crippen LogP contribution in [0.5, 0.6) is 0 Å². The van der Waals surface area contributed by atoms with Gasteiger partial charge in [-0.25, -0.2) is 19.3 Å². The zero-order chi connectivity index (χ0) is 21.7. The zero-order valence-corrected chi connectivity index (χ0v) is 18.0. The topological polar surface area (TPSA) is 95.6 Å². The van der Waals surface area contributed by atoms with Gasteiger partial charge >= 0.3 is 0 Å². The first-order chi connectivity index (χ1) is 14.9. The van der Waals surface area contributed by atoms with Gasteiger partial charge in [0.1, 0.15) is 29.4 Å². The lowest BCUT2D eigenvalue weighted by molar-refractivity contribution is 0.457. The summed E-state index contributed by atoms with van der Waals surface area (Å²) in [5, 5.41) is 1.60. The van der Waals surface area contributed by atoms with E-state index in [4.69, 9.17) is 23.1 Å². The van der Waals surface area contributed by atoms with Gasteiger partial charge in [-0.15, -0.1) is 0 Å². The molecule has 160 valence electrons. The largest absolute Gasteiger partial charge is 0.383 e. The summed E-state index contributed by atoms with van der Waals surface area (Å²) in [6, 6.07) is 7.52. The highest BCUT2D eigenvalue weighted by Gasteiger charge is 2.28. The molecule has 1 saturated carbocycles. The van der Waals surface area contributed by atoms with E-state index in [-0.39, 0.29) is 16.7 Å². The molecule has 2 unspecified atom stereocenters. The van der Waals surface area contributed by atoms with Crippen molar-refractivity contribution in [2.24, 2.45) is 5.92 Å². The van der Waals surface area contributed by atoms with Crippen LogP contribution in [0.15, 0.2) is 30.6 Å². The van der Waals surface area contributed by atoms with Crippen LogP contribution in [0.3, 0.4) is 0 Å². The molecule has 8 heteroatoms. The quantitative estimate of drug-likeness (QED) is 0.455. The van der Waals surface area contributed by atoms with Gasteiger partial charge in [-0.05, 0) is 74.8 Å². The van der Waals surface area contributed by atoms with Crippen molar-refractivity contribution < 1.29 is 4.39 Å². The lowest BCUT2D eigenvalue weighted by Gasteiger charge is -2.17. The van der Waals surface area contributed by atoms with E-state index in [1.165, 1.54) is 6.33 Å². The molecule has 31 heavy (non-hydrogen) atoms. The Hall–Kier alpha value is -2.93. The summed E-state index contributed by atoms with van der Waals surface area (Å²) < 4.78 is 16.9. The Morgan fingerprint density at radius 2 is 1.94 bits per heavy atom. The number of rotatable bonds is 4. The van der Waals surface area contributed by atoms with Crippen LogP contribution in [0.4, 0.5) is 16.0 Å². The Morgan fingerprint density at radius 3 is 2.77 bits per heavy atom. The molecule has 1 aromatic carbocycles. The van der Waals surface area contributed by atoms with E-state index in [0.29, 0.717) is 28.7 Å². The highest BCUT2D eigenvalue weighted by Crippen LogP contribution is 2.40. The summed E-state index contributed by atoms with van der Waals surface area (Å²) in [7, 11) is 0. The fraction of sp³-hybridized carbons (Fsp3) is 0.348. The molecular weight excluding hydrogens is 415 g/mol. The monoisotopic (exact) mass is 438 g/mol. The number of hydrogen-bond donors (Lipinski definition) is 2. The standard InChI is InChI=1S/C23H24ClFN6/c1-12-6-17-21(26)28-11-29-23(17)31(12)15-5-4-13(7-15)2-3-14-8-19(25)16-10-18(24)22(27)30-20(16)9-14/h6,8-11,13,15H,2-5,7H2,1H3,(H2,27,30)(H2,26,28,29). The Labute approximate surface area is 184 Å². The van der Waals surface area contributed by atoms with Crippen LogP contribution in [0.1, 0.15) is 43.0 Å². The number of halogens is 2. The molecule has 1 fully saturated rings. The Kier molecular flexibility index (Phi) is 4.93. The SMILES string of the molecule is Cc1cc2c(N)ncnc2n1C1CCC(CCc2cc(F)c3cc(Cl)c(N)nc3c2)C1. The third kappa shape index (κ3) is 3.57. The maximum Gasteiger partial charge on any atom is 0.145 e. The molecule has 0 saturated heterocycles. The fourth-order valence-corrected chi connectivity index (χ4v) is 5.13. The lowest BCUT2D eigenvalue weighted by atomic mass is 9.97. The molecule has 0 radical (unpaired) electrons. The van der Waals surface area contributed by atoms with Gasteiger partial charge in [0, 0.05) is 17.1 Å². The van der Waals surface area contributed by atoms with Crippen LogP contribution in [0, 0.1) is 18.7 Å². The molecular formula is C23H24ClFN6. The van der Waals surface area contributed by atoms with Crippen LogP contribution in [0.2, 0.25) is 5.02 Å². The molecule has 0 amide bonds. The van der Waals surface area contributed by atoms with Crippen molar-refractivity contribution in [1.29, 1.82) is 0 Å². The van der Waals surface area contributed by atoms with E-state index in [2.05, 4.69) is 32.5 Å². The second-order valence-corrected chi connectivity index (χ2v) is 8.93. The fourth-order valence-electron chi connectivity index (χ4n) is 4.97. The summed E-state index contributed by atoms with van der Waals surface area (Å²) in [5.41, 5.74) is 15.4. The minimum Gasteiger partial charge on any atom is -0.383 e. The van der Waals surface area contributed by atoms with Gasteiger partial charge in [-0.2, -0.15) is 0 Å². The predicted molar refractivity (Wildman–Crippen MR) is 122 cm³/mol. The predicted octanol–water partition coefficient (Wildman–Crippen LogP) is 5.22. The Morgan fingerprint density at radius 1 is 1.10 bits per heavy atom. The molecule has 2 atom stereocenters. The molecule has 5 rings (SSSR count). The van der Waals surface area contributed by atoms with Gasteiger partial charge in [-0.3, -0.25) is 0 Å². The molecule has 3 aromatic heterocycles. The molecule has 0 spiro atoms. The minimum atomic E-state index is -0.307. The van der Waals surface area contributed by atoms with E-state index in [0.717, 1.165) is 54.4 Å². The van der Waals surface area contributed by atoms with Crippen LogP contribution < -0.4 is 11.5 Å². The number of aromatic nitrogens is 4. The second-order valence-electron chi connectivity index (χ2n) is 8.52. The number of nitrogens with two attached hydrogens (primary N) is 2. The highest BCUT2D eigenvalue weighted by atomic mass is 35.5. The molecule has 4 aromatic rings. The van der Waals surface area contributed by atoms with Crippen molar-refractivity contribution >= 4 is 45.2 Å². The summed E-state index contributed by atoms with van der Waals surface area (Å²) in [5.74, 6) is 1.01. The number of aryl methyl sites for hydroxylation is 2. The van der Waals surface area contributed by atoms with Crippen molar-refractivity contribution in [2.45, 2.75) is 45.1 Å². The van der Waals surface area contributed by atoms with Crippen molar-refractivity contribution in [1.82, 2.24) is 19.5 Å². The van der Waals surface area contributed by atoms with Crippen LogP contribution in [-0.4, -0.2) is 19.5 Å². The first-order valence-electron chi connectivity index (χ1n) is 10.5. The van der Waals surface area contributed by atoms with Gasteiger partial charge in [0.25, 0.3) is 0 Å². The average Bonchev–Trinajstić information content (AvgIpc) is 3.32. The summed E-state index contributed by atoms with van der Waals surface area (Å²) >= 11 is 5.99. The second kappa shape index (κ2) is 7.64. The van der Waals surface area contributed by atoms with Gasteiger partial charge in [0.2, 0.25) is 0 Å². The highest BCUT2D eigenvalue weighted by molar-refractivity contribution is 6.33. The molecule has 6 nitrogen and oxygen atoms in total. The lowest BCUT2D eigenvalue weighted by Crippen LogP contribution is -2.08. The van der Waals surface area contributed by atoms with E-state index >= 15 is 0 Å². The molecule has 3 heterocycles. The van der Waals surface area contributed by atoms with E-state index < -0.39 is 0 Å². The van der Waals surface area contributed by atoms with Crippen molar-refractivity contribution in [3.05, 3.63) is 52.7 Å². The van der Waals surface area contributed by atoms with E-state index in [1.807, 2.05) is 6.07 Å². The van der Waals surface area contributed by atoms with Crippen LogP contribution in [-0.2, 0) is 6.42 Å². The Balaban J connectivity index is 1.32. The maximum absolute atomic E-state index is 14.6. The smallest absolute Gasteiger partial charge is 0.145 e. The zero-order valence-electron chi connectivity index (χ0n) is 17.3. The number of hydrogen-bond acceptors (Lipinski definition) is 5. The van der Waals surface area contributed by atoms with Crippen LogP contribution >= 0.6 is 11.6 Å². The number of anilines is 2. The van der Waals surface area contributed by atoms with Gasteiger partial charge in [0.05, 0.1) is 15.9 Å². The normalized spacial score (nSPS) is 18.9. The number of pyridine rings is 1. The first kappa shape index (κ1) is 20.0. The third-order valence-electron chi connectivity index (χ3n) is 6.50. The van der Waals surface area contributed by atoms with Crippen LogP contribution in [0.25, 0.3) is 21.9 Å². The average molecular weight is 439 g/mol. The number of benzene rings is 1. The van der Waals surface area contributed by atoms with E-state index in [9.17, 15) is 4.39 Å².